The topological polar surface area (TPSA) is 71.3 Å². The van der Waals surface area contributed by atoms with E-state index in [1.165, 1.54) is 6.33 Å². The zero-order valence-corrected chi connectivity index (χ0v) is 15.4. The fourth-order valence-corrected chi connectivity index (χ4v) is 3.26. The Labute approximate surface area is 157 Å². The molecule has 0 bridgehead atoms. The van der Waals surface area contributed by atoms with Crippen molar-refractivity contribution < 1.29 is 14.2 Å². The van der Waals surface area contributed by atoms with Crippen molar-refractivity contribution in [1.29, 1.82) is 0 Å². The number of hydrogen-bond acceptors (Lipinski definition) is 6. The Morgan fingerprint density at radius 1 is 1.30 bits per heavy atom. The second-order valence-electron chi connectivity index (χ2n) is 6.55. The zero-order valence-electron chi connectivity index (χ0n) is 15.4. The summed E-state index contributed by atoms with van der Waals surface area (Å²) in [5.74, 6) is 0.388. The van der Waals surface area contributed by atoms with Gasteiger partial charge in [-0.15, -0.1) is 0 Å². The van der Waals surface area contributed by atoms with Gasteiger partial charge >= 0.3 is 0 Å². The van der Waals surface area contributed by atoms with Crippen LogP contribution in [0.1, 0.15) is 24.5 Å². The van der Waals surface area contributed by atoms with E-state index in [0.717, 1.165) is 23.3 Å². The molecule has 7 nitrogen and oxygen atoms in total. The van der Waals surface area contributed by atoms with Crippen LogP contribution in [0.15, 0.2) is 55.2 Å². The number of ether oxygens (including phenoxy) is 3. The van der Waals surface area contributed by atoms with Gasteiger partial charge in [0.05, 0.1) is 12.7 Å². The van der Waals surface area contributed by atoms with Crippen molar-refractivity contribution in [3.05, 3.63) is 66.4 Å². The van der Waals surface area contributed by atoms with Crippen LogP contribution in [0.2, 0.25) is 0 Å². The molecule has 0 radical (unpaired) electrons. The fraction of sp³-hybridized carbons (Fsp3) is 0.350. The predicted molar refractivity (Wildman–Crippen MR) is 98.3 cm³/mol. The number of nitrogens with zero attached hydrogens (tertiary/aromatic N) is 4. The van der Waals surface area contributed by atoms with Crippen LogP contribution in [0.25, 0.3) is 0 Å². The Morgan fingerprint density at radius 2 is 2.22 bits per heavy atom. The minimum Gasteiger partial charge on any atom is -0.439 e. The normalized spacial score (nSPS) is 22.1. The third kappa shape index (κ3) is 3.70. The largest absolute Gasteiger partial charge is 0.439 e. The van der Waals surface area contributed by atoms with Gasteiger partial charge in [-0.2, -0.15) is 5.10 Å². The molecule has 7 heteroatoms. The van der Waals surface area contributed by atoms with Crippen LogP contribution < -0.4 is 4.74 Å². The van der Waals surface area contributed by atoms with E-state index >= 15 is 0 Å². The van der Waals surface area contributed by atoms with Crippen molar-refractivity contribution in [2.75, 3.05) is 6.61 Å². The van der Waals surface area contributed by atoms with Crippen molar-refractivity contribution in [2.45, 2.75) is 38.7 Å². The average molecular weight is 366 g/mol. The second-order valence-corrected chi connectivity index (χ2v) is 6.55. The predicted octanol–water partition coefficient (Wildman–Crippen LogP) is 3.45. The third-order valence-corrected chi connectivity index (χ3v) is 4.62. The highest BCUT2D eigenvalue weighted by Crippen LogP contribution is 2.39. The monoisotopic (exact) mass is 366 g/mol. The summed E-state index contributed by atoms with van der Waals surface area (Å²) in [5.41, 5.74) is 1.97. The first kappa shape index (κ1) is 17.6. The smallest absolute Gasteiger partial charge is 0.219 e. The van der Waals surface area contributed by atoms with Gasteiger partial charge in [-0.3, -0.25) is 0 Å². The van der Waals surface area contributed by atoms with E-state index in [0.29, 0.717) is 19.0 Å². The Balaban J connectivity index is 1.64. The highest BCUT2D eigenvalue weighted by molar-refractivity contribution is 5.39. The SMILES string of the molecule is CCC1COC(Cn2cncn2)(c2ccc(Oc3ccccn3)cc2C)O1. The van der Waals surface area contributed by atoms with Crippen molar-refractivity contribution in [3.63, 3.8) is 0 Å². The molecule has 1 aliphatic heterocycles. The minimum absolute atomic E-state index is 0.0531. The minimum atomic E-state index is -0.887. The van der Waals surface area contributed by atoms with E-state index in [2.05, 4.69) is 22.0 Å². The number of pyridine rings is 1. The van der Waals surface area contributed by atoms with Crippen LogP contribution in [-0.4, -0.2) is 32.5 Å². The van der Waals surface area contributed by atoms with E-state index in [4.69, 9.17) is 14.2 Å². The molecule has 0 saturated carbocycles. The first-order valence-electron chi connectivity index (χ1n) is 9.03. The summed E-state index contributed by atoms with van der Waals surface area (Å²) < 4.78 is 20.1. The Hall–Kier alpha value is -2.77. The molecule has 0 amide bonds. The standard InChI is InChI=1S/C20H22N4O3/c1-3-16-11-25-20(27-16,12-24-14-21-13-23-24)18-8-7-17(10-15(18)2)26-19-6-4-5-9-22-19/h4-10,13-14,16H,3,11-12H2,1-2H3. The third-order valence-electron chi connectivity index (χ3n) is 4.62. The lowest BCUT2D eigenvalue weighted by atomic mass is 9.99. The molecule has 2 atom stereocenters. The molecule has 0 N–H and O–H groups in total. The highest BCUT2D eigenvalue weighted by atomic mass is 16.7. The molecule has 1 saturated heterocycles. The average Bonchev–Trinajstić information content (AvgIpc) is 3.33. The maximum absolute atomic E-state index is 6.33. The van der Waals surface area contributed by atoms with Crippen LogP contribution in [-0.2, 0) is 21.8 Å². The summed E-state index contributed by atoms with van der Waals surface area (Å²) in [6.45, 7) is 5.10. The van der Waals surface area contributed by atoms with E-state index in [1.54, 1.807) is 17.2 Å². The molecule has 1 fully saturated rings. The van der Waals surface area contributed by atoms with Gasteiger partial charge in [0.25, 0.3) is 0 Å². The summed E-state index contributed by atoms with van der Waals surface area (Å²) >= 11 is 0. The molecule has 0 aliphatic carbocycles. The number of hydrogen-bond donors (Lipinski definition) is 0. The first-order valence-corrected chi connectivity index (χ1v) is 9.03. The lowest BCUT2D eigenvalue weighted by Crippen LogP contribution is -2.34. The van der Waals surface area contributed by atoms with Crippen LogP contribution in [0, 0.1) is 6.92 Å². The molecule has 27 heavy (non-hydrogen) atoms. The highest BCUT2D eigenvalue weighted by Gasteiger charge is 2.44. The van der Waals surface area contributed by atoms with Gasteiger partial charge in [0.2, 0.25) is 11.7 Å². The lowest BCUT2D eigenvalue weighted by Gasteiger charge is -2.30. The lowest BCUT2D eigenvalue weighted by molar-refractivity contribution is -0.189. The van der Waals surface area contributed by atoms with E-state index in [9.17, 15) is 0 Å². The van der Waals surface area contributed by atoms with E-state index < -0.39 is 5.79 Å². The van der Waals surface area contributed by atoms with Crippen molar-refractivity contribution in [1.82, 2.24) is 19.7 Å². The molecule has 1 aromatic carbocycles. The Kier molecular flexibility index (Phi) is 4.87. The van der Waals surface area contributed by atoms with Gasteiger partial charge in [-0.05, 0) is 43.2 Å². The maximum atomic E-state index is 6.33. The van der Waals surface area contributed by atoms with E-state index in [1.807, 2.05) is 43.3 Å². The van der Waals surface area contributed by atoms with Gasteiger partial charge in [-0.1, -0.05) is 13.0 Å². The summed E-state index contributed by atoms with van der Waals surface area (Å²) in [4.78, 5) is 8.22. The molecule has 4 rings (SSSR count). The van der Waals surface area contributed by atoms with Crippen molar-refractivity contribution >= 4 is 0 Å². The van der Waals surface area contributed by atoms with E-state index in [-0.39, 0.29) is 6.10 Å². The fourth-order valence-electron chi connectivity index (χ4n) is 3.26. The van der Waals surface area contributed by atoms with Crippen LogP contribution in [0.4, 0.5) is 0 Å². The molecule has 3 aromatic rings. The van der Waals surface area contributed by atoms with Gasteiger partial charge in [0, 0.05) is 17.8 Å². The quantitative estimate of drug-likeness (QED) is 0.665. The van der Waals surface area contributed by atoms with Crippen LogP contribution in [0.3, 0.4) is 0 Å². The Morgan fingerprint density at radius 3 is 2.89 bits per heavy atom. The van der Waals surface area contributed by atoms with Crippen LogP contribution in [0.5, 0.6) is 11.6 Å². The molecule has 140 valence electrons. The maximum Gasteiger partial charge on any atom is 0.219 e. The number of aromatic nitrogens is 4. The Bertz CT molecular complexity index is 886. The molecule has 0 spiro atoms. The molecular formula is C20H22N4O3. The number of benzene rings is 1. The second kappa shape index (κ2) is 7.46. The summed E-state index contributed by atoms with van der Waals surface area (Å²) in [6, 6.07) is 11.4. The first-order chi connectivity index (χ1) is 13.2. The summed E-state index contributed by atoms with van der Waals surface area (Å²) in [7, 11) is 0. The summed E-state index contributed by atoms with van der Waals surface area (Å²) in [6.07, 6.45) is 5.82. The van der Waals surface area contributed by atoms with Gasteiger partial charge in [-0.25, -0.2) is 14.6 Å². The molecule has 1 aliphatic rings. The van der Waals surface area contributed by atoms with Gasteiger partial charge in [0.1, 0.15) is 24.9 Å². The van der Waals surface area contributed by atoms with Gasteiger partial charge < -0.3 is 14.2 Å². The van der Waals surface area contributed by atoms with Crippen molar-refractivity contribution in [2.24, 2.45) is 0 Å². The molecular weight excluding hydrogens is 344 g/mol. The molecule has 2 aromatic heterocycles. The van der Waals surface area contributed by atoms with Gasteiger partial charge in [0.15, 0.2) is 0 Å². The molecule has 2 unspecified atom stereocenters. The summed E-state index contributed by atoms with van der Waals surface area (Å²) in [5, 5.41) is 4.22. The zero-order chi connectivity index (χ0) is 18.7. The van der Waals surface area contributed by atoms with Crippen molar-refractivity contribution in [3.8, 4) is 11.6 Å². The number of aryl methyl sites for hydroxylation is 1. The van der Waals surface area contributed by atoms with Crippen LogP contribution >= 0.6 is 0 Å². The number of rotatable bonds is 6. The molecule has 3 heterocycles.